The fraction of sp³-hybridized carbons (Fsp3) is 0. The van der Waals surface area contributed by atoms with Crippen LogP contribution in [0.5, 0.6) is 11.5 Å². The van der Waals surface area contributed by atoms with Crippen molar-refractivity contribution >= 4 is 16.1 Å². The van der Waals surface area contributed by atoms with Crippen LogP contribution in [0.1, 0.15) is 0 Å². The highest BCUT2D eigenvalue weighted by molar-refractivity contribution is 7.81. The molecule has 8 nitrogen and oxygen atoms in total. The molecule has 82 valence electrons. The summed E-state index contributed by atoms with van der Waals surface area (Å²) in [5.41, 5.74) is -0.771. The van der Waals surface area contributed by atoms with Gasteiger partial charge in [0.2, 0.25) is 5.75 Å². The molecule has 0 unspecified atom stereocenters. The molecule has 1 aromatic carbocycles. The number of rotatable bonds is 3. The third-order valence-corrected chi connectivity index (χ3v) is 1.72. The number of hydrogen-bond donors (Lipinski definition) is 2. The van der Waals surface area contributed by atoms with Crippen molar-refractivity contribution in [3.63, 3.8) is 0 Å². The molecule has 0 saturated carbocycles. The molecule has 0 aliphatic heterocycles. The van der Waals surface area contributed by atoms with E-state index < -0.39 is 32.5 Å². The van der Waals surface area contributed by atoms with Crippen LogP contribution in [0.15, 0.2) is 18.2 Å². The van der Waals surface area contributed by atoms with Crippen molar-refractivity contribution in [3.8, 4) is 11.5 Å². The maximum absolute atomic E-state index is 10.4. The van der Waals surface area contributed by atoms with Gasteiger partial charge in [0.05, 0.1) is 11.0 Å². The van der Waals surface area contributed by atoms with Gasteiger partial charge in [-0.25, -0.2) is 0 Å². The Labute approximate surface area is 83.8 Å². The molecule has 0 saturated heterocycles. The van der Waals surface area contributed by atoms with Crippen LogP contribution in [0.4, 0.5) is 5.69 Å². The van der Waals surface area contributed by atoms with Crippen molar-refractivity contribution < 1.29 is 27.2 Å². The highest BCUT2D eigenvalue weighted by Gasteiger charge is 2.20. The first-order valence-corrected chi connectivity index (χ1v) is 4.80. The number of phenolic OH excluding ortho intramolecular Hbond substituents is 1. The molecule has 1 rings (SSSR count). The number of phenols is 1. The number of aromatic hydroxyl groups is 1. The second-order valence-corrected chi connectivity index (χ2v) is 3.44. The van der Waals surface area contributed by atoms with Crippen molar-refractivity contribution in [2.75, 3.05) is 0 Å². The average Bonchev–Trinajstić information content (AvgIpc) is 2.05. The Kier molecular flexibility index (Phi) is 2.77. The van der Waals surface area contributed by atoms with Crippen molar-refractivity contribution in [2.45, 2.75) is 0 Å². The van der Waals surface area contributed by atoms with Gasteiger partial charge in [0.15, 0.2) is 0 Å². The number of nitro groups is 1. The molecule has 0 spiro atoms. The molecule has 2 N–H and O–H groups in total. The summed E-state index contributed by atoms with van der Waals surface area (Å²) in [7, 11) is -4.83. The van der Waals surface area contributed by atoms with Gasteiger partial charge in [-0.1, -0.05) is 0 Å². The van der Waals surface area contributed by atoms with Crippen LogP contribution >= 0.6 is 0 Å². The highest BCUT2D eigenvalue weighted by atomic mass is 32.3. The van der Waals surface area contributed by atoms with Crippen molar-refractivity contribution in [2.24, 2.45) is 0 Å². The van der Waals surface area contributed by atoms with Crippen molar-refractivity contribution in [1.29, 1.82) is 0 Å². The van der Waals surface area contributed by atoms with Gasteiger partial charge in [-0.2, -0.15) is 8.42 Å². The highest BCUT2D eigenvalue weighted by Crippen LogP contribution is 2.31. The molecule has 0 atom stereocenters. The van der Waals surface area contributed by atoms with Crippen LogP contribution < -0.4 is 4.18 Å². The zero-order valence-corrected chi connectivity index (χ0v) is 7.84. The molecule has 0 aromatic heterocycles. The van der Waals surface area contributed by atoms with E-state index >= 15 is 0 Å². The topological polar surface area (TPSA) is 127 Å². The first-order valence-electron chi connectivity index (χ1n) is 3.44. The third-order valence-electron chi connectivity index (χ3n) is 1.33. The summed E-state index contributed by atoms with van der Waals surface area (Å²) < 4.78 is 32.9. The number of nitrogens with zero attached hydrogens (tertiary/aromatic N) is 1. The van der Waals surface area contributed by atoms with Crippen molar-refractivity contribution in [3.05, 3.63) is 28.3 Å². The van der Waals surface area contributed by atoms with E-state index in [0.29, 0.717) is 6.07 Å². The largest absolute Gasteiger partial charge is 0.508 e. The summed E-state index contributed by atoms with van der Waals surface area (Å²) in [6.07, 6.45) is 0. The predicted molar refractivity (Wildman–Crippen MR) is 46.9 cm³/mol. The minimum absolute atomic E-state index is 0.426. The van der Waals surface area contributed by atoms with Crippen molar-refractivity contribution in [1.82, 2.24) is 0 Å². The molecule has 0 fully saturated rings. The van der Waals surface area contributed by atoms with Crippen LogP contribution in [-0.4, -0.2) is 23.0 Å². The Bertz CT molecular complexity index is 494. The van der Waals surface area contributed by atoms with E-state index in [1.165, 1.54) is 0 Å². The first-order chi connectivity index (χ1) is 6.79. The second kappa shape index (κ2) is 3.71. The summed E-state index contributed by atoms with van der Waals surface area (Å²) in [5, 5.41) is 19.3. The predicted octanol–water partition coefficient (Wildman–Crippen LogP) is 0.482. The molecule has 0 aliphatic carbocycles. The van der Waals surface area contributed by atoms with Gasteiger partial charge in [0.25, 0.3) is 0 Å². The fourth-order valence-electron chi connectivity index (χ4n) is 0.832. The molecule has 0 bridgehead atoms. The molecular formula is C6H5NO7S. The van der Waals surface area contributed by atoms with Crippen LogP contribution in [0.25, 0.3) is 0 Å². The van der Waals surface area contributed by atoms with Gasteiger partial charge in [0.1, 0.15) is 5.75 Å². The number of benzene rings is 1. The Morgan fingerprint density at radius 1 is 1.40 bits per heavy atom. The van der Waals surface area contributed by atoms with Gasteiger partial charge in [-0.15, -0.1) is 0 Å². The molecular weight excluding hydrogens is 230 g/mol. The Morgan fingerprint density at radius 2 is 2.00 bits per heavy atom. The zero-order valence-electron chi connectivity index (χ0n) is 7.02. The smallest absolute Gasteiger partial charge is 0.446 e. The maximum Gasteiger partial charge on any atom is 0.446 e. The lowest BCUT2D eigenvalue weighted by atomic mass is 10.3. The monoisotopic (exact) mass is 235 g/mol. The minimum atomic E-state index is -4.83. The van der Waals surface area contributed by atoms with Crippen LogP contribution in [0.2, 0.25) is 0 Å². The summed E-state index contributed by atoms with van der Waals surface area (Å²) in [6.45, 7) is 0. The SMILES string of the molecule is O=[N+]([O-])c1cc(O)ccc1OS(=O)(=O)O. The van der Waals surface area contributed by atoms with Crippen LogP contribution in [-0.2, 0) is 10.4 Å². The van der Waals surface area contributed by atoms with Crippen LogP contribution in [0, 0.1) is 10.1 Å². The Hall–Kier alpha value is -1.87. The molecule has 1 aromatic rings. The maximum atomic E-state index is 10.4. The van der Waals surface area contributed by atoms with E-state index in [2.05, 4.69) is 4.18 Å². The Morgan fingerprint density at radius 3 is 2.47 bits per heavy atom. The third kappa shape index (κ3) is 3.07. The lowest BCUT2D eigenvalue weighted by molar-refractivity contribution is -0.385. The lowest BCUT2D eigenvalue weighted by Gasteiger charge is -2.02. The molecule has 9 heteroatoms. The normalized spacial score (nSPS) is 11.0. The summed E-state index contributed by atoms with van der Waals surface area (Å²) in [6, 6.07) is 2.52. The fourth-order valence-corrected chi connectivity index (χ4v) is 1.20. The van der Waals surface area contributed by atoms with Gasteiger partial charge < -0.3 is 9.29 Å². The summed E-state index contributed by atoms with van der Waals surface area (Å²) in [5.74, 6) is -1.11. The van der Waals surface area contributed by atoms with E-state index in [4.69, 9.17) is 9.66 Å². The molecule has 0 radical (unpaired) electrons. The number of nitro benzene ring substituents is 1. The summed E-state index contributed by atoms with van der Waals surface area (Å²) >= 11 is 0. The van der Waals surface area contributed by atoms with E-state index in [1.807, 2.05) is 0 Å². The second-order valence-electron chi connectivity index (χ2n) is 2.42. The molecule has 0 aliphatic rings. The minimum Gasteiger partial charge on any atom is -0.508 e. The van der Waals surface area contributed by atoms with E-state index in [1.54, 1.807) is 0 Å². The molecule has 15 heavy (non-hydrogen) atoms. The molecule has 0 heterocycles. The molecule has 0 amide bonds. The van der Waals surface area contributed by atoms with E-state index in [9.17, 15) is 18.5 Å². The van der Waals surface area contributed by atoms with Gasteiger partial charge >= 0.3 is 16.1 Å². The number of hydrogen-bond acceptors (Lipinski definition) is 6. The van der Waals surface area contributed by atoms with E-state index in [-0.39, 0.29) is 0 Å². The van der Waals surface area contributed by atoms with E-state index in [0.717, 1.165) is 12.1 Å². The standard InChI is InChI=1S/C6H5NO7S/c8-4-1-2-6(14-15(11,12)13)5(3-4)7(9)10/h1-3,8H,(H,11,12,13). The van der Waals surface area contributed by atoms with Crippen LogP contribution in [0.3, 0.4) is 0 Å². The lowest BCUT2D eigenvalue weighted by Crippen LogP contribution is -2.08. The average molecular weight is 235 g/mol. The quantitative estimate of drug-likeness (QED) is 0.443. The zero-order chi connectivity index (χ0) is 11.6. The van der Waals surface area contributed by atoms with Gasteiger partial charge in [-0.05, 0) is 12.1 Å². The summed E-state index contributed by atoms with van der Waals surface area (Å²) in [4.78, 5) is 9.44. The van der Waals surface area contributed by atoms with Gasteiger partial charge in [0, 0.05) is 0 Å². The Balaban J connectivity index is 3.24. The first kappa shape index (κ1) is 11.2. The van der Waals surface area contributed by atoms with Gasteiger partial charge in [-0.3, -0.25) is 14.7 Å².